The minimum atomic E-state index is 0.289. The predicted molar refractivity (Wildman–Crippen MR) is 112 cm³/mol. The van der Waals surface area contributed by atoms with E-state index in [1.807, 2.05) is 0 Å². The molecule has 2 heterocycles. The van der Waals surface area contributed by atoms with Crippen LogP contribution >= 0.6 is 0 Å². The Morgan fingerprint density at radius 1 is 1.10 bits per heavy atom. The maximum absolute atomic E-state index is 6.24. The fourth-order valence-corrected chi connectivity index (χ4v) is 4.93. The first-order valence-electron chi connectivity index (χ1n) is 10.7. The van der Waals surface area contributed by atoms with E-state index in [1.54, 1.807) is 7.11 Å². The van der Waals surface area contributed by atoms with Gasteiger partial charge >= 0.3 is 0 Å². The van der Waals surface area contributed by atoms with Gasteiger partial charge in [0.05, 0.1) is 13.7 Å². The topological polar surface area (TPSA) is 40.2 Å². The van der Waals surface area contributed by atoms with E-state index in [9.17, 15) is 0 Å². The van der Waals surface area contributed by atoms with E-state index in [1.165, 1.54) is 40.7 Å². The van der Waals surface area contributed by atoms with E-state index in [-0.39, 0.29) is 6.79 Å². The van der Waals surface area contributed by atoms with Gasteiger partial charge in [-0.05, 0) is 66.8 Å². The Morgan fingerprint density at radius 2 is 1.93 bits per heavy atom. The van der Waals surface area contributed by atoms with Gasteiger partial charge in [-0.1, -0.05) is 19.8 Å². The quantitative estimate of drug-likeness (QED) is 0.661. The van der Waals surface area contributed by atoms with Crippen molar-refractivity contribution in [1.82, 2.24) is 4.90 Å². The summed E-state index contributed by atoms with van der Waals surface area (Å²) in [4.78, 5) is 2.46. The molecule has 29 heavy (non-hydrogen) atoms. The third-order valence-corrected chi connectivity index (χ3v) is 6.46. The zero-order valence-electron chi connectivity index (χ0n) is 17.5. The molecule has 0 N–H and O–H groups in total. The molecular formula is C24H29NO4. The first kappa shape index (κ1) is 18.6. The molecule has 5 nitrogen and oxygen atoms in total. The summed E-state index contributed by atoms with van der Waals surface area (Å²) < 4.78 is 23.5. The fraction of sp³-hybridized carbons (Fsp3) is 0.500. The third-order valence-electron chi connectivity index (χ3n) is 6.46. The van der Waals surface area contributed by atoms with Gasteiger partial charge in [0.25, 0.3) is 0 Å². The number of nitrogens with zero attached hydrogens (tertiary/aromatic N) is 1. The number of hydrogen-bond donors (Lipinski definition) is 0. The zero-order valence-corrected chi connectivity index (χ0v) is 17.5. The van der Waals surface area contributed by atoms with E-state index < -0.39 is 0 Å². The normalized spacial score (nSPS) is 18.9. The summed E-state index contributed by atoms with van der Waals surface area (Å²) in [5.41, 5.74) is 6.42. The summed E-state index contributed by atoms with van der Waals surface area (Å²) in [7, 11) is 3.97. The van der Waals surface area contributed by atoms with Gasteiger partial charge in [-0.3, -0.25) is 4.90 Å². The lowest BCUT2D eigenvalue weighted by Gasteiger charge is -2.40. The van der Waals surface area contributed by atoms with Crippen molar-refractivity contribution in [2.45, 2.75) is 45.1 Å². The van der Waals surface area contributed by atoms with Crippen LogP contribution in [0.15, 0.2) is 18.2 Å². The fourth-order valence-electron chi connectivity index (χ4n) is 4.93. The Kier molecular flexibility index (Phi) is 4.78. The lowest BCUT2D eigenvalue weighted by molar-refractivity contribution is 0.174. The number of fused-ring (bicyclic) bond motifs is 3. The molecule has 0 aromatic heterocycles. The van der Waals surface area contributed by atoms with Crippen molar-refractivity contribution in [2.24, 2.45) is 0 Å². The minimum absolute atomic E-state index is 0.289. The molecule has 0 radical (unpaired) electrons. The van der Waals surface area contributed by atoms with Crippen LogP contribution in [0.5, 0.6) is 23.0 Å². The maximum Gasteiger partial charge on any atom is 0.231 e. The van der Waals surface area contributed by atoms with E-state index >= 15 is 0 Å². The minimum Gasteiger partial charge on any atom is -0.492 e. The molecule has 1 unspecified atom stereocenters. The van der Waals surface area contributed by atoms with Crippen LogP contribution in [-0.4, -0.2) is 39.0 Å². The number of rotatable bonds is 6. The standard InChI is InChI=1S/C24H29NO4/c1-4-5-6-9-27-21-11-15-7-8-25(2)18-10-16-12-19-20(29-14-28-19)13-17(16)23(22(15)18)24(21)26-3/h11-13,18H,4-10,14H2,1-3H3. The Labute approximate surface area is 172 Å². The van der Waals surface area contributed by atoms with Gasteiger partial charge in [-0.25, -0.2) is 0 Å². The molecule has 2 aromatic rings. The van der Waals surface area contributed by atoms with E-state index in [2.05, 4.69) is 37.1 Å². The predicted octanol–water partition coefficient (Wildman–Crippen LogP) is 4.75. The van der Waals surface area contributed by atoms with Crippen molar-refractivity contribution in [3.8, 4) is 34.1 Å². The Balaban J connectivity index is 1.67. The van der Waals surface area contributed by atoms with Crippen LogP contribution in [-0.2, 0) is 12.8 Å². The highest BCUT2D eigenvalue weighted by atomic mass is 16.7. The van der Waals surface area contributed by atoms with Crippen molar-refractivity contribution in [3.05, 3.63) is 34.9 Å². The zero-order chi connectivity index (χ0) is 20.0. The molecule has 5 heteroatoms. The van der Waals surface area contributed by atoms with Crippen LogP contribution in [0.1, 0.15) is 48.9 Å². The number of likely N-dealkylation sites (N-methyl/N-ethyl adjacent to an activating group) is 1. The molecule has 2 aliphatic heterocycles. The van der Waals surface area contributed by atoms with Gasteiger partial charge in [-0.15, -0.1) is 0 Å². The summed E-state index contributed by atoms with van der Waals surface area (Å²) in [5.74, 6) is 3.37. The molecule has 5 rings (SSSR count). The molecule has 0 saturated heterocycles. The lowest BCUT2D eigenvalue weighted by atomic mass is 9.76. The molecule has 1 atom stereocenters. The maximum atomic E-state index is 6.24. The van der Waals surface area contributed by atoms with Gasteiger partial charge in [-0.2, -0.15) is 0 Å². The highest BCUT2D eigenvalue weighted by molar-refractivity contribution is 5.85. The Bertz CT molecular complexity index is 939. The number of unbranched alkanes of at least 4 members (excludes halogenated alkanes) is 2. The first-order valence-corrected chi connectivity index (χ1v) is 10.7. The molecule has 0 fully saturated rings. The van der Waals surface area contributed by atoms with Gasteiger partial charge in [0.15, 0.2) is 23.0 Å². The third kappa shape index (κ3) is 3.03. The van der Waals surface area contributed by atoms with Gasteiger partial charge < -0.3 is 18.9 Å². The molecule has 0 spiro atoms. The average Bonchev–Trinajstić information content (AvgIpc) is 3.19. The van der Waals surface area contributed by atoms with Crippen LogP contribution in [0.2, 0.25) is 0 Å². The molecule has 0 saturated carbocycles. The van der Waals surface area contributed by atoms with Gasteiger partial charge in [0.1, 0.15) is 0 Å². The van der Waals surface area contributed by atoms with Crippen molar-refractivity contribution < 1.29 is 18.9 Å². The van der Waals surface area contributed by atoms with E-state index in [4.69, 9.17) is 18.9 Å². The SMILES string of the molecule is CCCCCOc1cc2c3c(c1OC)-c1cc4c(cc1CC3N(C)CC2)OCO4. The second kappa shape index (κ2) is 7.45. The van der Waals surface area contributed by atoms with Gasteiger partial charge in [0, 0.05) is 18.2 Å². The highest BCUT2D eigenvalue weighted by Crippen LogP contribution is 2.54. The molecule has 0 bridgehead atoms. The first-order chi connectivity index (χ1) is 14.2. The van der Waals surface area contributed by atoms with Crippen LogP contribution in [0.3, 0.4) is 0 Å². The number of ether oxygens (including phenoxy) is 4. The molecule has 3 aliphatic rings. The van der Waals surface area contributed by atoms with Crippen LogP contribution in [0.25, 0.3) is 11.1 Å². The number of hydrogen-bond acceptors (Lipinski definition) is 5. The lowest BCUT2D eigenvalue weighted by Crippen LogP contribution is -2.35. The van der Waals surface area contributed by atoms with Crippen molar-refractivity contribution in [3.63, 3.8) is 0 Å². The van der Waals surface area contributed by atoms with Crippen molar-refractivity contribution in [1.29, 1.82) is 0 Å². The average molecular weight is 395 g/mol. The summed E-state index contributed by atoms with van der Waals surface area (Å²) in [6.07, 6.45) is 5.43. The van der Waals surface area contributed by atoms with E-state index in [0.717, 1.165) is 55.4 Å². The summed E-state index contributed by atoms with van der Waals surface area (Å²) in [5, 5.41) is 0. The monoisotopic (exact) mass is 395 g/mol. The Morgan fingerprint density at radius 3 is 2.72 bits per heavy atom. The molecule has 1 aliphatic carbocycles. The van der Waals surface area contributed by atoms with Crippen LogP contribution < -0.4 is 18.9 Å². The highest BCUT2D eigenvalue weighted by Gasteiger charge is 2.37. The summed E-state index contributed by atoms with van der Waals surface area (Å²) in [6, 6.07) is 6.85. The second-order valence-electron chi connectivity index (χ2n) is 8.22. The molecule has 0 amide bonds. The van der Waals surface area contributed by atoms with Crippen molar-refractivity contribution >= 4 is 0 Å². The summed E-state index contributed by atoms with van der Waals surface area (Å²) >= 11 is 0. The van der Waals surface area contributed by atoms with Crippen LogP contribution in [0.4, 0.5) is 0 Å². The molecule has 2 aromatic carbocycles. The number of methoxy groups -OCH3 is 1. The Hall–Kier alpha value is -2.40. The summed E-state index contributed by atoms with van der Waals surface area (Å²) in [6.45, 7) is 4.27. The molecule has 154 valence electrons. The second-order valence-corrected chi connectivity index (χ2v) is 8.22. The molecular weight excluding hydrogens is 366 g/mol. The van der Waals surface area contributed by atoms with Gasteiger partial charge in [0.2, 0.25) is 6.79 Å². The van der Waals surface area contributed by atoms with E-state index in [0.29, 0.717) is 6.04 Å². The smallest absolute Gasteiger partial charge is 0.231 e. The van der Waals surface area contributed by atoms with Crippen molar-refractivity contribution in [2.75, 3.05) is 34.1 Å². The largest absolute Gasteiger partial charge is 0.492 e. The number of benzene rings is 2. The van der Waals surface area contributed by atoms with Crippen LogP contribution in [0, 0.1) is 0 Å².